The number of aromatic nitrogens is 2. The summed E-state index contributed by atoms with van der Waals surface area (Å²) in [6, 6.07) is 5.49. The smallest absolute Gasteiger partial charge is 0.145 e. The second-order valence-electron chi connectivity index (χ2n) is 9.36. The molecule has 4 heterocycles. The third-order valence-corrected chi connectivity index (χ3v) is 8.80. The molecule has 0 unspecified atom stereocenters. The highest BCUT2D eigenvalue weighted by Crippen LogP contribution is 2.54. The molecule has 2 aromatic heterocycles. The van der Waals surface area contributed by atoms with Gasteiger partial charge in [0, 0.05) is 34.0 Å². The highest BCUT2D eigenvalue weighted by molar-refractivity contribution is 7.09. The van der Waals surface area contributed by atoms with Crippen LogP contribution in [0.5, 0.6) is 0 Å². The van der Waals surface area contributed by atoms with Gasteiger partial charge in [-0.05, 0) is 50.7 Å². The fourth-order valence-corrected chi connectivity index (χ4v) is 6.52. The molecule has 8 heteroatoms. The zero-order chi connectivity index (χ0) is 21.8. The molecule has 3 aromatic rings. The maximum Gasteiger partial charge on any atom is 0.145 e. The summed E-state index contributed by atoms with van der Waals surface area (Å²) in [5.41, 5.74) is 2.28. The summed E-state index contributed by atoms with van der Waals surface area (Å²) in [4.78, 5) is 4.53. The number of benzene rings is 1. The van der Waals surface area contributed by atoms with Gasteiger partial charge in [-0.2, -0.15) is 0 Å². The Hall–Kier alpha value is -1.44. The molecule has 4 aliphatic rings. The first-order chi connectivity index (χ1) is 15.6. The Morgan fingerprint density at radius 3 is 2.53 bits per heavy atom. The number of thiazole rings is 1. The molecule has 2 aliphatic heterocycles. The Labute approximate surface area is 201 Å². The minimum atomic E-state index is -0.183. The normalized spacial score (nSPS) is 27.2. The van der Waals surface area contributed by atoms with E-state index in [1.807, 2.05) is 29.8 Å². The Kier molecular flexibility index (Phi) is 5.35. The van der Waals surface area contributed by atoms with Crippen molar-refractivity contribution in [2.75, 3.05) is 13.2 Å². The fourth-order valence-electron chi connectivity index (χ4n) is 5.09. The van der Waals surface area contributed by atoms with Crippen LogP contribution in [0.15, 0.2) is 34.3 Å². The lowest BCUT2D eigenvalue weighted by atomic mass is 9.66. The highest BCUT2D eigenvalue weighted by atomic mass is 35.5. The van der Waals surface area contributed by atoms with E-state index in [4.69, 9.17) is 37.2 Å². The van der Waals surface area contributed by atoms with Crippen LogP contribution in [0.25, 0.3) is 11.3 Å². The van der Waals surface area contributed by atoms with Crippen molar-refractivity contribution >= 4 is 34.5 Å². The van der Waals surface area contributed by atoms with Gasteiger partial charge >= 0.3 is 0 Å². The van der Waals surface area contributed by atoms with Crippen molar-refractivity contribution in [3.8, 4) is 11.3 Å². The summed E-state index contributed by atoms with van der Waals surface area (Å²) in [5.74, 6) is 1.33. The predicted octanol–water partition coefficient (Wildman–Crippen LogP) is 6.99. The molecule has 2 saturated carbocycles. The lowest BCUT2D eigenvalue weighted by molar-refractivity contribution is -0.205. The molecule has 2 saturated heterocycles. The maximum absolute atomic E-state index is 6.47. The fraction of sp³-hybridized carbons (Fsp3) is 0.500. The SMILES string of the molecule is Clc1cccc(Cl)c1-c1noc(C2CC2)c1COCC12CCC(c3nccs3)(CC1)OC2. The van der Waals surface area contributed by atoms with Gasteiger partial charge in [0.2, 0.25) is 0 Å². The summed E-state index contributed by atoms with van der Waals surface area (Å²) in [6.07, 6.45) is 8.31. The first-order valence-corrected chi connectivity index (χ1v) is 12.8. The molecule has 7 rings (SSSR count). The summed E-state index contributed by atoms with van der Waals surface area (Å²) >= 11 is 14.6. The van der Waals surface area contributed by atoms with Crippen LogP contribution in [0.2, 0.25) is 10.0 Å². The Morgan fingerprint density at radius 2 is 1.91 bits per heavy atom. The van der Waals surface area contributed by atoms with Crippen molar-refractivity contribution in [3.63, 3.8) is 0 Å². The van der Waals surface area contributed by atoms with Crippen LogP contribution in [-0.4, -0.2) is 23.4 Å². The number of rotatable bonds is 7. The lowest BCUT2D eigenvalue weighted by Crippen LogP contribution is -2.51. The molecule has 2 aliphatic carbocycles. The number of fused-ring (bicyclic) bond motifs is 3. The van der Waals surface area contributed by atoms with E-state index in [0.717, 1.165) is 67.0 Å². The van der Waals surface area contributed by atoms with Gasteiger partial charge in [-0.25, -0.2) is 4.98 Å². The van der Waals surface area contributed by atoms with Crippen molar-refractivity contribution in [2.45, 2.75) is 56.7 Å². The van der Waals surface area contributed by atoms with Crippen LogP contribution in [0, 0.1) is 5.41 Å². The second-order valence-corrected chi connectivity index (χ2v) is 11.1. The number of nitrogens with zero attached hydrogens (tertiary/aromatic N) is 2. The third kappa shape index (κ3) is 3.61. The maximum atomic E-state index is 6.47. The largest absolute Gasteiger partial charge is 0.376 e. The summed E-state index contributed by atoms with van der Waals surface area (Å²) in [6.45, 7) is 1.81. The summed E-state index contributed by atoms with van der Waals surface area (Å²) in [7, 11) is 0. The number of ether oxygens (including phenoxy) is 2. The van der Waals surface area contributed by atoms with Gasteiger partial charge < -0.3 is 14.0 Å². The van der Waals surface area contributed by atoms with Gasteiger partial charge in [-0.15, -0.1) is 11.3 Å². The first-order valence-electron chi connectivity index (χ1n) is 11.1. The van der Waals surface area contributed by atoms with Crippen molar-refractivity contribution < 1.29 is 14.0 Å². The van der Waals surface area contributed by atoms with Gasteiger partial charge in [0.15, 0.2) is 0 Å². The number of halogens is 2. The zero-order valence-corrected chi connectivity index (χ0v) is 19.9. The van der Waals surface area contributed by atoms with E-state index < -0.39 is 0 Å². The molecule has 4 fully saturated rings. The van der Waals surface area contributed by atoms with Gasteiger partial charge in [-0.3, -0.25) is 0 Å². The molecule has 0 N–H and O–H groups in total. The van der Waals surface area contributed by atoms with Crippen LogP contribution < -0.4 is 0 Å². The van der Waals surface area contributed by atoms with E-state index in [1.54, 1.807) is 11.3 Å². The molecule has 168 valence electrons. The van der Waals surface area contributed by atoms with Crippen molar-refractivity contribution in [1.29, 1.82) is 0 Å². The average molecular weight is 491 g/mol. The molecule has 0 radical (unpaired) electrons. The Bertz CT molecular complexity index is 1080. The molecule has 0 spiro atoms. The Morgan fingerprint density at radius 1 is 1.12 bits per heavy atom. The van der Waals surface area contributed by atoms with Gasteiger partial charge in [0.1, 0.15) is 22.1 Å². The van der Waals surface area contributed by atoms with E-state index in [-0.39, 0.29) is 11.0 Å². The van der Waals surface area contributed by atoms with Crippen LogP contribution in [0.4, 0.5) is 0 Å². The van der Waals surface area contributed by atoms with Gasteiger partial charge in [0.05, 0.1) is 29.9 Å². The average Bonchev–Trinajstić information content (AvgIpc) is 3.32. The van der Waals surface area contributed by atoms with Crippen molar-refractivity contribution in [3.05, 3.63) is 56.2 Å². The molecule has 2 bridgehead atoms. The lowest BCUT2D eigenvalue weighted by Gasteiger charge is -2.52. The van der Waals surface area contributed by atoms with Crippen LogP contribution >= 0.6 is 34.5 Å². The predicted molar refractivity (Wildman–Crippen MR) is 124 cm³/mol. The van der Waals surface area contributed by atoms with Crippen molar-refractivity contribution in [2.24, 2.45) is 5.41 Å². The molecule has 1 aromatic carbocycles. The molecular weight excluding hydrogens is 467 g/mol. The monoisotopic (exact) mass is 490 g/mol. The topological polar surface area (TPSA) is 57.4 Å². The van der Waals surface area contributed by atoms with E-state index in [9.17, 15) is 0 Å². The summed E-state index contributed by atoms with van der Waals surface area (Å²) in [5, 5.41) is 8.65. The molecule has 5 nitrogen and oxygen atoms in total. The van der Waals surface area contributed by atoms with Gasteiger partial charge in [-0.1, -0.05) is 34.4 Å². The van der Waals surface area contributed by atoms with E-state index in [1.165, 1.54) is 0 Å². The highest BCUT2D eigenvalue weighted by Gasteiger charge is 2.52. The number of hydrogen-bond acceptors (Lipinski definition) is 6. The Balaban J connectivity index is 1.19. The number of hydrogen-bond donors (Lipinski definition) is 0. The summed E-state index contributed by atoms with van der Waals surface area (Å²) < 4.78 is 18.5. The molecule has 0 atom stereocenters. The van der Waals surface area contributed by atoms with E-state index in [0.29, 0.717) is 34.9 Å². The zero-order valence-electron chi connectivity index (χ0n) is 17.6. The third-order valence-electron chi connectivity index (χ3n) is 7.22. The minimum absolute atomic E-state index is 0.0676. The van der Waals surface area contributed by atoms with Crippen LogP contribution in [-0.2, 0) is 21.7 Å². The van der Waals surface area contributed by atoms with E-state index >= 15 is 0 Å². The molecular formula is C24H24Cl2N2O3S. The molecule has 32 heavy (non-hydrogen) atoms. The van der Waals surface area contributed by atoms with Gasteiger partial charge in [0.25, 0.3) is 0 Å². The second kappa shape index (κ2) is 8.10. The standard InChI is InChI=1S/C24H24Cl2N2O3S/c25-17-2-1-3-18(26)19(17)20-16(21(31-28-20)15-4-5-15)12-29-13-23-6-8-24(9-7-23,30-14-23)22-27-10-11-32-22/h1-3,10-11,15H,4-9,12-14H2. The minimum Gasteiger partial charge on any atom is -0.376 e. The quantitative estimate of drug-likeness (QED) is 0.357. The first kappa shape index (κ1) is 21.1. The van der Waals surface area contributed by atoms with Crippen molar-refractivity contribution in [1.82, 2.24) is 10.1 Å². The van der Waals surface area contributed by atoms with Crippen LogP contribution in [0.1, 0.15) is 60.8 Å². The van der Waals surface area contributed by atoms with Crippen LogP contribution in [0.3, 0.4) is 0 Å². The van der Waals surface area contributed by atoms with E-state index in [2.05, 4.69) is 10.1 Å². The molecule has 0 amide bonds.